The second-order valence-electron chi connectivity index (χ2n) is 6.15. The molecule has 0 bridgehead atoms. The molecule has 4 rings (SSSR count). The monoisotopic (exact) mass is 394 g/mol. The number of sulfone groups is 1. The smallest absolute Gasteiger partial charge is 0.207 e. The first-order valence-electron chi connectivity index (χ1n) is 8.38. The molecule has 1 heterocycles. The average Bonchev–Trinajstić information content (AvgIpc) is 3.09. The van der Waals surface area contributed by atoms with E-state index in [1.807, 2.05) is 12.2 Å². The van der Waals surface area contributed by atoms with Crippen LogP contribution in [-0.4, -0.2) is 13.6 Å². The molecule has 4 aromatic rings. The Bertz CT molecular complexity index is 1280. The molecule has 5 nitrogen and oxygen atoms in total. The molecule has 0 radical (unpaired) electrons. The number of hydrogen-bond donors (Lipinski definition) is 1. The number of nitrogens with zero attached hydrogens (tertiary/aromatic N) is 1. The van der Waals surface area contributed by atoms with E-state index >= 15 is 0 Å². The molecule has 0 saturated carbocycles. The third-order valence-corrected chi connectivity index (χ3v) is 6.12. The van der Waals surface area contributed by atoms with Crippen molar-refractivity contribution in [3.8, 4) is 0 Å². The van der Waals surface area contributed by atoms with Crippen molar-refractivity contribution in [2.75, 3.05) is 5.73 Å². The Labute approximate surface area is 160 Å². The molecule has 0 aliphatic carbocycles. The Morgan fingerprint density at radius 3 is 2.14 bits per heavy atom. The van der Waals surface area contributed by atoms with Gasteiger partial charge in [-0.3, -0.25) is 0 Å². The molecular formula is C21H15FN2O3S. The second kappa shape index (κ2) is 6.94. The van der Waals surface area contributed by atoms with E-state index < -0.39 is 9.84 Å². The summed E-state index contributed by atoms with van der Waals surface area (Å²) >= 11 is 0. The van der Waals surface area contributed by atoms with Gasteiger partial charge < -0.3 is 10.3 Å². The minimum Gasteiger partial charge on any atom is -0.380 e. The van der Waals surface area contributed by atoms with Gasteiger partial charge in [0.2, 0.25) is 9.84 Å². The van der Waals surface area contributed by atoms with Gasteiger partial charge in [-0.05, 0) is 47.5 Å². The van der Waals surface area contributed by atoms with Crippen LogP contribution in [0.25, 0.3) is 23.1 Å². The van der Waals surface area contributed by atoms with E-state index in [9.17, 15) is 12.8 Å². The third-order valence-electron chi connectivity index (χ3n) is 4.30. The van der Waals surface area contributed by atoms with Crippen molar-refractivity contribution in [3.63, 3.8) is 0 Å². The van der Waals surface area contributed by atoms with Crippen molar-refractivity contribution in [1.82, 2.24) is 5.16 Å². The standard InChI is InChI=1S/C21H15FN2O3S/c22-16-10-6-14(7-11-16)4-5-15-8-12-17(13-9-15)28(25,26)19-3-1-2-18-20(19)21(23)24-27-18/h1-13H,(H2,23,24). The van der Waals surface area contributed by atoms with Crippen LogP contribution in [0.3, 0.4) is 0 Å². The highest BCUT2D eigenvalue weighted by Gasteiger charge is 2.23. The molecule has 140 valence electrons. The predicted molar refractivity (Wildman–Crippen MR) is 106 cm³/mol. The van der Waals surface area contributed by atoms with Gasteiger partial charge in [-0.2, -0.15) is 0 Å². The summed E-state index contributed by atoms with van der Waals surface area (Å²) in [7, 11) is -3.79. The summed E-state index contributed by atoms with van der Waals surface area (Å²) in [6.07, 6.45) is 3.64. The number of hydrogen-bond acceptors (Lipinski definition) is 5. The Morgan fingerprint density at radius 2 is 1.50 bits per heavy atom. The van der Waals surface area contributed by atoms with Gasteiger partial charge in [0, 0.05) is 0 Å². The molecule has 2 N–H and O–H groups in total. The maximum atomic E-state index is 13.0. The average molecular weight is 394 g/mol. The number of halogens is 1. The van der Waals surface area contributed by atoms with Gasteiger partial charge in [-0.1, -0.05) is 47.6 Å². The summed E-state index contributed by atoms with van der Waals surface area (Å²) in [5, 5.41) is 3.92. The number of anilines is 1. The molecule has 0 amide bonds. The van der Waals surface area contributed by atoms with Gasteiger partial charge in [0.05, 0.1) is 15.2 Å². The van der Waals surface area contributed by atoms with Crippen LogP contribution >= 0.6 is 0 Å². The van der Waals surface area contributed by atoms with Gasteiger partial charge in [-0.25, -0.2) is 12.8 Å². The topological polar surface area (TPSA) is 86.2 Å². The Balaban J connectivity index is 1.66. The minimum absolute atomic E-state index is 0.0352. The molecule has 0 saturated heterocycles. The van der Waals surface area contributed by atoms with Gasteiger partial charge in [-0.15, -0.1) is 0 Å². The summed E-state index contributed by atoms with van der Waals surface area (Å²) in [4.78, 5) is 0.192. The van der Waals surface area contributed by atoms with E-state index in [0.29, 0.717) is 5.58 Å². The summed E-state index contributed by atoms with van der Waals surface area (Å²) in [6.45, 7) is 0. The molecule has 1 aromatic heterocycles. The van der Waals surface area contributed by atoms with Crippen LogP contribution in [-0.2, 0) is 9.84 Å². The fourth-order valence-corrected chi connectivity index (χ4v) is 4.34. The summed E-state index contributed by atoms with van der Waals surface area (Å²) < 4.78 is 44.1. The van der Waals surface area contributed by atoms with Crippen molar-refractivity contribution in [1.29, 1.82) is 0 Å². The zero-order valence-electron chi connectivity index (χ0n) is 14.5. The first-order valence-corrected chi connectivity index (χ1v) is 9.86. The van der Waals surface area contributed by atoms with Crippen LogP contribution in [0.2, 0.25) is 0 Å². The van der Waals surface area contributed by atoms with Crippen LogP contribution < -0.4 is 5.73 Å². The lowest BCUT2D eigenvalue weighted by Crippen LogP contribution is -2.03. The fourth-order valence-electron chi connectivity index (χ4n) is 2.86. The van der Waals surface area contributed by atoms with Gasteiger partial charge in [0.1, 0.15) is 5.82 Å². The van der Waals surface area contributed by atoms with Crippen LogP contribution in [0.15, 0.2) is 81.0 Å². The molecule has 0 fully saturated rings. The zero-order valence-corrected chi connectivity index (χ0v) is 15.4. The third kappa shape index (κ3) is 3.27. The Morgan fingerprint density at radius 1 is 0.893 bits per heavy atom. The fraction of sp³-hybridized carbons (Fsp3) is 0. The quantitative estimate of drug-likeness (QED) is 0.513. The highest BCUT2D eigenvalue weighted by molar-refractivity contribution is 7.91. The van der Waals surface area contributed by atoms with Crippen LogP contribution in [0, 0.1) is 5.82 Å². The summed E-state index contributed by atoms with van der Waals surface area (Å²) in [5.41, 5.74) is 7.75. The Hall–Kier alpha value is -3.45. The van der Waals surface area contributed by atoms with E-state index in [0.717, 1.165) is 11.1 Å². The number of fused-ring (bicyclic) bond motifs is 1. The summed E-state index contributed by atoms with van der Waals surface area (Å²) in [5.74, 6) is -0.261. The molecule has 28 heavy (non-hydrogen) atoms. The molecule has 0 unspecified atom stereocenters. The van der Waals surface area contributed by atoms with Crippen LogP contribution in [0.4, 0.5) is 10.2 Å². The predicted octanol–water partition coefficient (Wildman–Crippen LogP) is 4.55. The molecule has 0 aliphatic rings. The lowest BCUT2D eigenvalue weighted by atomic mass is 10.1. The van der Waals surface area contributed by atoms with Crippen molar-refractivity contribution in [3.05, 3.63) is 83.7 Å². The van der Waals surface area contributed by atoms with Crippen molar-refractivity contribution in [2.45, 2.75) is 9.79 Å². The normalized spacial score (nSPS) is 12.0. The lowest BCUT2D eigenvalue weighted by Gasteiger charge is -2.06. The molecule has 0 aliphatic heterocycles. The molecule has 0 spiro atoms. The molecule has 7 heteroatoms. The summed E-state index contributed by atoms with van der Waals surface area (Å²) in [6, 6.07) is 17.2. The molecule has 0 atom stereocenters. The number of benzene rings is 3. The van der Waals surface area contributed by atoms with E-state index in [4.69, 9.17) is 10.3 Å². The minimum atomic E-state index is -3.79. The maximum Gasteiger partial charge on any atom is 0.207 e. The number of rotatable bonds is 4. The molecular weight excluding hydrogens is 379 g/mol. The lowest BCUT2D eigenvalue weighted by molar-refractivity contribution is 0.460. The van der Waals surface area contributed by atoms with Crippen molar-refractivity contribution >= 4 is 38.8 Å². The second-order valence-corrected chi connectivity index (χ2v) is 8.07. The number of aromatic nitrogens is 1. The van der Waals surface area contributed by atoms with Gasteiger partial charge >= 0.3 is 0 Å². The molecule has 3 aromatic carbocycles. The van der Waals surface area contributed by atoms with E-state index in [2.05, 4.69) is 5.16 Å². The maximum absolute atomic E-state index is 13.0. The van der Waals surface area contributed by atoms with Crippen LogP contribution in [0.5, 0.6) is 0 Å². The SMILES string of the molecule is Nc1noc2cccc(S(=O)(=O)c3ccc(C=Cc4ccc(F)cc4)cc3)c12. The van der Waals surface area contributed by atoms with Crippen molar-refractivity contribution in [2.24, 2.45) is 0 Å². The van der Waals surface area contributed by atoms with Gasteiger partial charge in [0.25, 0.3) is 0 Å². The number of nitrogens with two attached hydrogens (primary N) is 1. The highest BCUT2D eigenvalue weighted by atomic mass is 32.2. The van der Waals surface area contributed by atoms with E-state index in [1.54, 1.807) is 36.4 Å². The van der Waals surface area contributed by atoms with Gasteiger partial charge in [0.15, 0.2) is 11.4 Å². The van der Waals surface area contributed by atoms with E-state index in [1.165, 1.54) is 30.3 Å². The first-order chi connectivity index (χ1) is 13.4. The van der Waals surface area contributed by atoms with E-state index in [-0.39, 0.29) is 26.8 Å². The number of nitrogen functional groups attached to an aromatic ring is 1. The first kappa shape index (κ1) is 17.9. The highest BCUT2D eigenvalue weighted by Crippen LogP contribution is 2.32. The Kier molecular flexibility index (Phi) is 4.44. The van der Waals surface area contributed by atoms with Crippen LogP contribution in [0.1, 0.15) is 11.1 Å². The zero-order chi connectivity index (χ0) is 19.7. The van der Waals surface area contributed by atoms with Crippen molar-refractivity contribution < 1.29 is 17.3 Å². The largest absolute Gasteiger partial charge is 0.380 e.